The highest BCUT2D eigenvalue weighted by atomic mass is 16.3. The zero-order valence-corrected chi connectivity index (χ0v) is 10.5. The number of rotatable bonds is 2. The summed E-state index contributed by atoms with van der Waals surface area (Å²) in [6.45, 7) is 1.34. The van der Waals surface area contributed by atoms with Crippen molar-refractivity contribution < 1.29 is 14.7 Å². The number of aromatic nitrogens is 4. The van der Waals surface area contributed by atoms with Crippen molar-refractivity contribution in [2.45, 2.75) is 19.1 Å². The lowest BCUT2D eigenvalue weighted by atomic mass is 10.2. The molecule has 2 amide bonds. The lowest BCUT2D eigenvalue weighted by Gasteiger charge is -2.13. The van der Waals surface area contributed by atoms with Crippen LogP contribution >= 0.6 is 0 Å². The Bertz CT molecular complexity index is 666. The molecule has 0 aliphatic carbocycles. The van der Waals surface area contributed by atoms with Crippen LogP contribution in [0.15, 0.2) is 12.7 Å². The molecule has 0 saturated carbocycles. The highest BCUT2D eigenvalue weighted by molar-refractivity contribution is 6.01. The van der Waals surface area contributed by atoms with Crippen LogP contribution in [-0.4, -0.2) is 48.7 Å². The number of carbonyl (C=O) groups excluding carboxylic acids is 2. The number of imide groups is 1. The highest BCUT2D eigenvalue weighted by Crippen LogP contribution is 2.13. The number of fused-ring (bicyclic) bond motifs is 1. The second-order valence-corrected chi connectivity index (χ2v) is 4.11. The predicted octanol–water partition coefficient (Wildman–Crippen LogP) is -1.80. The summed E-state index contributed by atoms with van der Waals surface area (Å²) in [7, 11) is 0. The Labute approximate surface area is 112 Å². The van der Waals surface area contributed by atoms with Crippen molar-refractivity contribution >= 4 is 28.9 Å². The molecule has 0 bridgehead atoms. The Kier molecular flexibility index (Phi) is 3.59. The standard InChI is InChI=1S/C10H13N7O3/c1-4(18)5(11)9(19)16-10(20)17-3-15-6-7(12)13-2-14-8(6)17/h2-5,18H,11H2,1H3,(H2,12,13,14)(H,16,19,20)/t4-,5+/m1/s1. The van der Waals surface area contributed by atoms with Gasteiger partial charge in [-0.2, -0.15) is 0 Å². The topological polar surface area (TPSA) is 162 Å². The van der Waals surface area contributed by atoms with Crippen molar-refractivity contribution in [3.8, 4) is 0 Å². The lowest BCUT2D eigenvalue weighted by molar-refractivity contribution is -0.123. The van der Waals surface area contributed by atoms with Crippen LogP contribution in [-0.2, 0) is 4.79 Å². The van der Waals surface area contributed by atoms with Gasteiger partial charge >= 0.3 is 6.03 Å². The van der Waals surface area contributed by atoms with Crippen LogP contribution in [0.2, 0.25) is 0 Å². The molecule has 2 aromatic rings. The molecule has 0 spiro atoms. The van der Waals surface area contributed by atoms with Crippen molar-refractivity contribution in [1.82, 2.24) is 24.8 Å². The van der Waals surface area contributed by atoms with E-state index in [9.17, 15) is 14.7 Å². The normalized spacial score (nSPS) is 13.9. The number of nitrogens with one attached hydrogen (secondary N) is 1. The quantitative estimate of drug-likeness (QED) is 0.500. The molecule has 6 N–H and O–H groups in total. The first-order valence-corrected chi connectivity index (χ1v) is 5.64. The zero-order chi connectivity index (χ0) is 14.9. The molecule has 2 rings (SSSR count). The molecule has 2 atom stereocenters. The molecule has 0 aliphatic heterocycles. The van der Waals surface area contributed by atoms with Gasteiger partial charge in [-0.25, -0.2) is 24.3 Å². The minimum Gasteiger partial charge on any atom is -0.391 e. The number of amides is 2. The average molecular weight is 279 g/mol. The summed E-state index contributed by atoms with van der Waals surface area (Å²) < 4.78 is 1.00. The van der Waals surface area contributed by atoms with Gasteiger partial charge in [0.1, 0.15) is 18.7 Å². The van der Waals surface area contributed by atoms with Gasteiger partial charge in [0, 0.05) is 0 Å². The predicted molar refractivity (Wildman–Crippen MR) is 68.3 cm³/mol. The first-order valence-electron chi connectivity index (χ1n) is 5.64. The fourth-order valence-corrected chi connectivity index (χ4v) is 1.47. The number of anilines is 1. The number of carbonyl (C=O) groups is 2. The van der Waals surface area contributed by atoms with Crippen molar-refractivity contribution in [3.05, 3.63) is 12.7 Å². The SMILES string of the molecule is C[C@@H](O)[C@H](N)C(=O)NC(=O)n1cnc2c(N)ncnc21. The van der Waals surface area contributed by atoms with E-state index in [1.807, 2.05) is 5.32 Å². The average Bonchev–Trinajstić information content (AvgIpc) is 2.82. The summed E-state index contributed by atoms with van der Waals surface area (Å²) in [5, 5.41) is 11.2. The number of nitrogens with two attached hydrogens (primary N) is 2. The van der Waals surface area contributed by atoms with Gasteiger partial charge in [-0.15, -0.1) is 0 Å². The van der Waals surface area contributed by atoms with Gasteiger partial charge in [0.05, 0.1) is 6.10 Å². The molecule has 0 aliphatic rings. The van der Waals surface area contributed by atoms with Crippen molar-refractivity contribution in [2.75, 3.05) is 5.73 Å². The first-order chi connectivity index (χ1) is 9.41. The highest BCUT2D eigenvalue weighted by Gasteiger charge is 2.22. The minimum absolute atomic E-state index is 0.119. The maximum absolute atomic E-state index is 11.9. The van der Waals surface area contributed by atoms with Gasteiger partial charge in [-0.05, 0) is 6.92 Å². The lowest BCUT2D eigenvalue weighted by Crippen LogP contribution is -2.49. The second-order valence-electron chi connectivity index (χ2n) is 4.11. The smallest absolute Gasteiger partial charge is 0.335 e. The van der Waals surface area contributed by atoms with Crippen LogP contribution in [0.3, 0.4) is 0 Å². The van der Waals surface area contributed by atoms with E-state index in [1.54, 1.807) is 0 Å². The van der Waals surface area contributed by atoms with Gasteiger partial charge in [0.2, 0.25) is 5.91 Å². The largest absolute Gasteiger partial charge is 0.391 e. The first kappa shape index (κ1) is 13.8. The summed E-state index contributed by atoms with van der Waals surface area (Å²) in [4.78, 5) is 35.0. The maximum atomic E-state index is 11.9. The van der Waals surface area contributed by atoms with Gasteiger partial charge in [-0.3, -0.25) is 10.1 Å². The van der Waals surface area contributed by atoms with E-state index in [2.05, 4.69) is 15.0 Å². The molecule has 0 aromatic carbocycles. The van der Waals surface area contributed by atoms with Crippen LogP contribution in [0.4, 0.5) is 10.6 Å². The van der Waals surface area contributed by atoms with E-state index < -0.39 is 24.1 Å². The van der Waals surface area contributed by atoms with Gasteiger partial charge in [0.15, 0.2) is 17.0 Å². The fraction of sp³-hybridized carbons (Fsp3) is 0.300. The number of imidazole rings is 1. The number of hydrogen-bond donors (Lipinski definition) is 4. The van der Waals surface area contributed by atoms with Crippen LogP contribution < -0.4 is 16.8 Å². The summed E-state index contributed by atoms with van der Waals surface area (Å²) >= 11 is 0. The second kappa shape index (κ2) is 5.19. The van der Waals surface area contributed by atoms with E-state index in [0.29, 0.717) is 0 Å². The van der Waals surface area contributed by atoms with Gasteiger partial charge < -0.3 is 16.6 Å². The van der Waals surface area contributed by atoms with Crippen molar-refractivity contribution in [2.24, 2.45) is 5.73 Å². The van der Waals surface area contributed by atoms with E-state index in [4.69, 9.17) is 11.5 Å². The molecule has 10 nitrogen and oxygen atoms in total. The molecule has 0 fully saturated rings. The summed E-state index contributed by atoms with van der Waals surface area (Å²) in [6.07, 6.45) is 1.25. The number of aliphatic hydroxyl groups excluding tert-OH is 1. The Morgan fingerprint density at radius 1 is 1.40 bits per heavy atom. The monoisotopic (exact) mass is 279 g/mol. The number of nitrogens with zero attached hydrogens (tertiary/aromatic N) is 4. The number of aliphatic hydroxyl groups is 1. The molecular weight excluding hydrogens is 266 g/mol. The zero-order valence-electron chi connectivity index (χ0n) is 10.5. The summed E-state index contributed by atoms with van der Waals surface area (Å²) in [6, 6.07) is -2.01. The third-order valence-corrected chi connectivity index (χ3v) is 2.63. The van der Waals surface area contributed by atoms with E-state index >= 15 is 0 Å². The molecule has 0 radical (unpaired) electrons. The molecular formula is C10H13N7O3. The fourth-order valence-electron chi connectivity index (χ4n) is 1.47. The van der Waals surface area contributed by atoms with Crippen LogP contribution in [0.25, 0.3) is 11.2 Å². The van der Waals surface area contributed by atoms with Gasteiger partial charge in [0.25, 0.3) is 0 Å². The minimum atomic E-state index is -1.21. The molecule has 106 valence electrons. The molecule has 20 heavy (non-hydrogen) atoms. The van der Waals surface area contributed by atoms with Crippen molar-refractivity contribution in [3.63, 3.8) is 0 Å². The Hall–Kier alpha value is -2.59. The Balaban J connectivity index is 2.24. The summed E-state index contributed by atoms with van der Waals surface area (Å²) in [5.41, 5.74) is 11.4. The van der Waals surface area contributed by atoms with Crippen LogP contribution in [0.5, 0.6) is 0 Å². The molecule has 0 unspecified atom stereocenters. The third kappa shape index (κ3) is 2.41. The van der Waals surface area contributed by atoms with Gasteiger partial charge in [-0.1, -0.05) is 0 Å². The maximum Gasteiger partial charge on any atom is 0.335 e. The molecule has 10 heteroatoms. The number of hydrogen-bond acceptors (Lipinski definition) is 8. The summed E-state index contributed by atoms with van der Waals surface area (Å²) in [5.74, 6) is -0.692. The molecule has 2 heterocycles. The van der Waals surface area contributed by atoms with E-state index in [0.717, 1.165) is 10.9 Å². The Morgan fingerprint density at radius 2 is 2.10 bits per heavy atom. The molecule has 2 aromatic heterocycles. The Morgan fingerprint density at radius 3 is 2.75 bits per heavy atom. The van der Waals surface area contributed by atoms with E-state index in [1.165, 1.54) is 13.3 Å². The third-order valence-electron chi connectivity index (χ3n) is 2.63. The van der Waals surface area contributed by atoms with E-state index in [-0.39, 0.29) is 17.0 Å². The van der Waals surface area contributed by atoms with Crippen molar-refractivity contribution in [1.29, 1.82) is 0 Å². The van der Waals surface area contributed by atoms with Crippen LogP contribution in [0, 0.1) is 0 Å². The molecule has 0 saturated heterocycles. The number of nitrogen functional groups attached to an aromatic ring is 1. The van der Waals surface area contributed by atoms with Crippen LogP contribution in [0.1, 0.15) is 6.92 Å².